The highest BCUT2D eigenvalue weighted by atomic mass is 79.9. The maximum atomic E-state index is 13.1. The predicted molar refractivity (Wildman–Crippen MR) is 103 cm³/mol. The molecule has 2 aromatic rings. The van der Waals surface area contributed by atoms with Crippen molar-refractivity contribution < 1.29 is 4.79 Å². The number of aromatic nitrogens is 1. The van der Waals surface area contributed by atoms with Crippen LogP contribution in [-0.4, -0.2) is 14.8 Å². The molecule has 4 aliphatic carbocycles. The van der Waals surface area contributed by atoms with Gasteiger partial charge in [-0.15, -0.1) is 5.10 Å². The van der Waals surface area contributed by atoms with Crippen molar-refractivity contribution >= 4 is 43.4 Å². The minimum atomic E-state index is -0.216. The topological polar surface area (TPSA) is 46.4 Å². The van der Waals surface area contributed by atoms with E-state index < -0.39 is 0 Å². The van der Waals surface area contributed by atoms with E-state index in [0.717, 1.165) is 29.6 Å². The third kappa shape index (κ3) is 2.52. The summed E-state index contributed by atoms with van der Waals surface area (Å²) in [5, 5.41) is 4.49. The first-order valence-corrected chi connectivity index (χ1v) is 10.7. The summed E-state index contributed by atoms with van der Waals surface area (Å²) in [6, 6.07) is 8.24. The van der Waals surface area contributed by atoms with E-state index >= 15 is 0 Å². The number of nitrogens with one attached hydrogen (secondary N) is 1. The summed E-state index contributed by atoms with van der Waals surface area (Å²) in [6.45, 7) is 0. The normalized spacial score (nSPS) is 37.0. The van der Waals surface area contributed by atoms with Crippen molar-refractivity contribution in [3.63, 3.8) is 0 Å². The van der Waals surface area contributed by atoms with E-state index in [1.54, 1.807) is 11.3 Å². The SMILES string of the molecule is Cn1/c(=N\NC(=O)C23C[C@@H]4C[C@@H](CC(Br)(C4)C2)C3)sc2ccccc21. The number of amides is 1. The average Bonchev–Trinajstić information content (AvgIpc) is 2.87. The Kier molecular flexibility index (Phi) is 3.49. The molecular formula is C19H22BrN3OS. The number of para-hydroxylation sites is 1. The number of carbonyl (C=O) groups is 1. The molecule has 6 rings (SSSR count). The Balaban J connectivity index is 1.44. The van der Waals surface area contributed by atoms with Crippen molar-refractivity contribution in [3.05, 3.63) is 29.1 Å². The van der Waals surface area contributed by atoms with E-state index in [9.17, 15) is 4.79 Å². The molecule has 4 nitrogen and oxygen atoms in total. The van der Waals surface area contributed by atoms with Crippen LogP contribution in [-0.2, 0) is 11.8 Å². The van der Waals surface area contributed by atoms with Gasteiger partial charge in [0.25, 0.3) is 0 Å². The van der Waals surface area contributed by atoms with Crippen LogP contribution in [0.5, 0.6) is 0 Å². The van der Waals surface area contributed by atoms with Gasteiger partial charge in [0.2, 0.25) is 10.7 Å². The van der Waals surface area contributed by atoms with Gasteiger partial charge in [-0.25, -0.2) is 5.43 Å². The zero-order valence-corrected chi connectivity index (χ0v) is 16.7. The van der Waals surface area contributed by atoms with Crippen LogP contribution in [0, 0.1) is 17.3 Å². The second-order valence-corrected chi connectivity index (χ2v) is 11.0. The summed E-state index contributed by atoms with van der Waals surface area (Å²) < 4.78 is 3.43. The molecule has 1 aromatic heterocycles. The van der Waals surface area contributed by atoms with Gasteiger partial charge in [-0.2, -0.15) is 0 Å². The van der Waals surface area contributed by atoms with E-state index in [2.05, 4.69) is 38.6 Å². The highest BCUT2D eigenvalue weighted by Crippen LogP contribution is 2.64. The van der Waals surface area contributed by atoms with Gasteiger partial charge in [0.1, 0.15) is 0 Å². The molecule has 2 unspecified atom stereocenters. The third-order valence-electron chi connectivity index (χ3n) is 6.44. The maximum Gasteiger partial charge on any atom is 0.246 e. The highest BCUT2D eigenvalue weighted by molar-refractivity contribution is 9.10. The molecule has 0 spiro atoms. The van der Waals surface area contributed by atoms with Crippen molar-refractivity contribution in [2.45, 2.75) is 42.8 Å². The van der Waals surface area contributed by atoms with E-state index in [1.807, 2.05) is 23.7 Å². The summed E-state index contributed by atoms with van der Waals surface area (Å²) >= 11 is 5.59. The standard InChI is InChI=1S/C19H22BrN3OS/c1-23-14-4-2-3-5-15(14)25-17(23)22-21-16(24)18-7-12-6-13(8-18)10-19(20,9-12)11-18/h2-5,12-13H,6-11H2,1H3,(H,21,24)/b22-17+/t12-,13+,18?,19?. The summed E-state index contributed by atoms with van der Waals surface area (Å²) in [6.07, 6.45) is 6.83. The van der Waals surface area contributed by atoms with Gasteiger partial charge in [-0.3, -0.25) is 4.79 Å². The second kappa shape index (κ2) is 5.43. The number of hydrogen-bond donors (Lipinski definition) is 1. The van der Waals surface area contributed by atoms with Gasteiger partial charge in [-0.1, -0.05) is 39.4 Å². The fourth-order valence-corrected chi connectivity index (χ4v) is 8.25. The molecule has 4 aliphatic rings. The van der Waals surface area contributed by atoms with E-state index in [4.69, 9.17) is 0 Å². The molecule has 132 valence electrons. The third-order valence-corrected chi connectivity index (χ3v) is 8.48. The lowest BCUT2D eigenvalue weighted by Crippen LogP contribution is -2.57. The first kappa shape index (κ1) is 16.1. The Bertz CT molecular complexity index is 916. The first-order valence-electron chi connectivity index (χ1n) is 9.04. The molecule has 1 amide bonds. The van der Waals surface area contributed by atoms with Crippen LogP contribution in [0.2, 0.25) is 0 Å². The maximum absolute atomic E-state index is 13.1. The molecule has 4 saturated carbocycles. The number of thiazole rings is 1. The van der Waals surface area contributed by atoms with Crippen molar-refractivity contribution in [1.82, 2.24) is 9.99 Å². The Morgan fingerprint density at radius 1 is 1.28 bits per heavy atom. The van der Waals surface area contributed by atoms with Crippen molar-refractivity contribution in [1.29, 1.82) is 0 Å². The summed E-state index contributed by atoms with van der Waals surface area (Å²) in [7, 11) is 2.00. The number of rotatable bonds is 2. The summed E-state index contributed by atoms with van der Waals surface area (Å²) in [5.74, 6) is 1.53. The minimum absolute atomic E-state index is 0.128. The summed E-state index contributed by atoms with van der Waals surface area (Å²) in [4.78, 5) is 13.9. The Labute approximate surface area is 159 Å². The van der Waals surface area contributed by atoms with E-state index in [-0.39, 0.29) is 15.6 Å². The molecule has 4 bridgehead atoms. The first-order chi connectivity index (χ1) is 12.0. The number of carbonyl (C=O) groups excluding carboxylic acids is 1. The lowest BCUT2D eigenvalue weighted by molar-refractivity contribution is -0.144. The zero-order chi connectivity index (χ0) is 17.2. The largest absolute Gasteiger partial charge is 0.318 e. The van der Waals surface area contributed by atoms with Crippen LogP contribution < -0.4 is 10.2 Å². The van der Waals surface area contributed by atoms with Crippen molar-refractivity contribution in [3.8, 4) is 0 Å². The fourth-order valence-electron chi connectivity index (χ4n) is 5.82. The number of nitrogens with zero attached hydrogens (tertiary/aromatic N) is 2. The second-order valence-electron chi connectivity index (χ2n) is 8.36. The Morgan fingerprint density at radius 2 is 2.00 bits per heavy atom. The van der Waals surface area contributed by atoms with Gasteiger partial charge in [0, 0.05) is 11.4 Å². The number of aryl methyl sites for hydroxylation is 1. The van der Waals surface area contributed by atoms with Crippen LogP contribution in [0.4, 0.5) is 0 Å². The quantitative estimate of drug-likeness (QED) is 0.581. The van der Waals surface area contributed by atoms with E-state index in [1.165, 1.54) is 24.0 Å². The van der Waals surface area contributed by atoms with Crippen molar-refractivity contribution in [2.75, 3.05) is 0 Å². The van der Waals surface area contributed by atoms with E-state index in [0.29, 0.717) is 11.8 Å². The van der Waals surface area contributed by atoms with Crippen LogP contribution in [0.3, 0.4) is 0 Å². The fraction of sp³-hybridized carbons (Fsp3) is 0.579. The van der Waals surface area contributed by atoms with Crippen LogP contribution in [0.1, 0.15) is 38.5 Å². The molecule has 6 heteroatoms. The molecule has 4 fully saturated rings. The summed E-state index contributed by atoms with van der Waals surface area (Å²) in [5.41, 5.74) is 3.86. The lowest BCUT2D eigenvalue weighted by atomic mass is 9.49. The number of halogens is 1. The van der Waals surface area contributed by atoms with Gasteiger partial charge >= 0.3 is 0 Å². The number of fused-ring (bicyclic) bond motifs is 1. The number of alkyl halides is 1. The molecule has 1 heterocycles. The minimum Gasteiger partial charge on any atom is -0.318 e. The highest BCUT2D eigenvalue weighted by Gasteiger charge is 2.59. The smallest absolute Gasteiger partial charge is 0.246 e. The Morgan fingerprint density at radius 3 is 2.68 bits per heavy atom. The number of hydrogen-bond acceptors (Lipinski definition) is 3. The molecular weight excluding hydrogens is 398 g/mol. The molecule has 25 heavy (non-hydrogen) atoms. The molecule has 0 radical (unpaired) electrons. The number of benzene rings is 1. The molecule has 1 aromatic carbocycles. The van der Waals surface area contributed by atoms with Crippen molar-refractivity contribution in [2.24, 2.45) is 29.4 Å². The van der Waals surface area contributed by atoms with Gasteiger partial charge < -0.3 is 4.57 Å². The average molecular weight is 420 g/mol. The van der Waals surface area contributed by atoms with Gasteiger partial charge in [0.05, 0.1) is 15.6 Å². The van der Waals surface area contributed by atoms with Gasteiger partial charge in [0.15, 0.2) is 0 Å². The van der Waals surface area contributed by atoms with Gasteiger partial charge in [-0.05, 0) is 62.5 Å². The lowest BCUT2D eigenvalue weighted by Gasteiger charge is -2.59. The van der Waals surface area contributed by atoms with Crippen LogP contribution >= 0.6 is 27.3 Å². The van der Waals surface area contributed by atoms with Crippen LogP contribution in [0.25, 0.3) is 10.2 Å². The molecule has 4 atom stereocenters. The predicted octanol–water partition coefficient (Wildman–Crippen LogP) is 3.91. The van der Waals surface area contributed by atoms with Crippen LogP contribution in [0.15, 0.2) is 29.4 Å². The monoisotopic (exact) mass is 419 g/mol. The molecule has 0 saturated heterocycles. The Hall–Kier alpha value is -1.14. The molecule has 0 aliphatic heterocycles. The molecule has 1 N–H and O–H groups in total. The zero-order valence-electron chi connectivity index (χ0n) is 14.3.